The number of halogens is 1. The number of ether oxygens (including phenoxy) is 2. The molecule has 0 aromatic heterocycles. The fourth-order valence-electron chi connectivity index (χ4n) is 3.34. The number of aryl methyl sites for hydroxylation is 1. The van der Waals surface area contributed by atoms with Crippen molar-refractivity contribution in [3.8, 4) is 11.5 Å². The van der Waals surface area contributed by atoms with E-state index in [1.807, 2.05) is 42.2 Å². The van der Waals surface area contributed by atoms with Crippen LogP contribution in [0.5, 0.6) is 11.5 Å². The predicted molar refractivity (Wildman–Crippen MR) is 108 cm³/mol. The second-order valence-corrected chi connectivity index (χ2v) is 7.11. The first-order valence-corrected chi connectivity index (χ1v) is 9.41. The van der Waals surface area contributed by atoms with Crippen molar-refractivity contribution in [2.45, 2.75) is 26.3 Å². The molecule has 3 rings (SSSR count). The van der Waals surface area contributed by atoms with Gasteiger partial charge in [-0.25, -0.2) is 0 Å². The van der Waals surface area contributed by atoms with Crippen LogP contribution in [0.2, 0.25) is 5.02 Å². The number of carbonyl (C=O) groups is 1. The Labute approximate surface area is 165 Å². The molecule has 1 N–H and O–H groups in total. The molecule has 0 spiro atoms. The number of nitrogens with zero attached hydrogens (tertiary/aromatic N) is 1. The summed E-state index contributed by atoms with van der Waals surface area (Å²) in [6, 6.07) is 9.70. The molecule has 0 saturated carbocycles. The van der Waals surface area contributed by atoms with Crippen LogP contribution in [0.25, 0.3) is 0 Å². The summed E-state index contributed by atoms with van der Waals surface area (Å²) in [6.45, 7) is 3.92. The molecule has 5 nitrogen and oxygen atoms in total. The van der Waals surface area contributed by atoms with E-state index < -0.39 is 0 Å². The fourth-order valence-corrected chi connectivity index (χ4v) is 3.52. The zero-order chi connectivity index (χ0) is 19.4. The predicted octanol–water partition coefficient (Wildman–Crippen LogP) is 4.05. The maximum atomic E-state index is 12.6. The van der Waals surface area contributed by atoms with Gasteiger partial charge in [-0.1, -0.05) is 17.7 Å². The number of amides is 1. The van der Waals surface area contributed by atoms with Crippen molar-refractivity contribution in [1.29, 1.82) is 0 Å². The second-order valence-electron chi connectivity index (χ2n) is 6.68. The largest absolute Gasteiger partial charge is 0.493 e. The van der Waals surface area contributed by atoms with E-state index in [1.165, 1.54) is 5.56 Å². The normalized spacial score (nSPS) is 13.1. The van der Waals surface area contributed by atoms with Crippen LogP contribution < -0.4 is 14.8 Å². The lowest BCUT2D eigenvalue weighted by Gasteiger charge is -2.30. The lowest BCUT2D eigenvalue weighted by molar-refractivity contribution is -0.131. The quantitative estimate of drug-likeness (QED) is 0.811. The number of hydrogen-bond donors (Lipinski definition) is 1. The van der Waals surface area contributed by atoms with Crippen LogP contribution in [0, 0.1) is 6.92 Å². The van der Waals surface area contributed by atoms with Crippen LogP contribution in [0.3, 0.4) is 0 Å². The molecule has 0 unspecified atom stereocenters. The molecule has 27 heavy (non-hydrogen) atoms. The third kappa shape index (κ3) is 4.48. The molecular weight excluding hydrogens is 364 g/mol. The Morgan fingerprint density at radius 1 is 1.15 bits per heavy atom. The van der Waals surface area contributed by atoms with Gasteiger partial charge in [-0.3, -0.25) is 4.79 Å². The van der Waals surface area contributed by atoms with Crippen molar-refractivity contribution < 1.29 is 14.3 Å². The van der Waals surface area contributed by atoms with Gasteiger partial charge in [0.2, 0.25) is 5.91 Å². The Balaban J connectivity index is 1.60. The summed E-state index contributed by atoms with van der Waals surface area (Å²) in [5, 5.41) is 3.99. The summed E-state index contributed by atoms with van der Waals surface area (Å²) in [7, 11) is 3.26. The Bertz CT molecular complexity index is 838. The van der Waals surface area contributed by atoms with Crippen molar-refractivity contribution >= 4 is 23.2 Å². The first-order chi connectivity index (χ1) is 13.0. The van der Waals surface area contributed by atoms with Gasteiger partial charge in [0.15, 0.2) is 11.5 Å². The maximum absolute atomic E-state index is 12.6. The van der Waals surface area contributed by atoms with Crippen LogP contribution in [-0.2, 0) is 17.8 Å². The topological polar surface area (TPSA) is 50.8 Å². The molecule has 2 aromatic rings. The average molecular weight is 389 g/mol. The van der Waals surface area contributed by atoms with Gasteiger partial charge in [0.1, 0.15) is 0 Å². The van der Waals surface area contributed by atoms with Crippen molar-refractivity contribution in [3.05, 3.63) is 52.0 Å². The molecule has 0 saturated heterocycles. The minimum atomic E-state index is 0.141. The summed E-state index contributed by atoms with van der Waals surface area (Å²) >= 11 is 6.04. The minimum absolute atomic E-state index is 0.141. The van der Waals surface area contributed by atoms with Gasteiger partial charge in [0.25, 0.3) is 0 Å². The van der Waals surface area contributed by atoms with E-state index >= 15 is 0 Å². The van der Waals surface area contributed by atoms with Crippen LogP contribution in [-0.4, -0.2) is 38.1 Å². The van der Waals surface area contributed by atoms with Gasteiger partial charge in [0.05, 0.1) is 14.2 Å². The lowest BCUT2D eigenvalue weighted by Crippen LogP contribution is -2.36. The lowest BCUT2D eigenvalue weighted by atomic mass is 9.98. The summed E-state index contributed by atoms with van der Waals surface area (Å²) in [4.78, 5) is 14.5. The molecule has 1 aliphatic rings. The highest BCUT2D eigenvalue weighted by molar-refractivity contribution is 6.30. The van der Waals surface area contributed by atoms with Crippen molar-refractivity contribution in [2.24, 2.45) is 0 Å². The van der Waals surface area contributed by atoms with Crippen molar-refractivity contribution in [2.75, 3.05) is 32.6 Å². The molecule has 0 aliphatic carbocycles. The van der Waals surface area contributed by atoms with Gasteiger partial charge < -0.3 is 19.7 Å². The van der Waals surface area contributed by atoms with Gasteiger partial charge >= 0.3 is 0 Å². The molecule has 144 valence electrons. The standard InChI is InChI=1S/C21H25ClN2O3/c1-14-4-5-17(22)12-18(14)23-8-6-21(25)24-9-7-15-10-19(26-2)20(27-3)11-16(15)13-24/h4-5,10-12,23H,6-9,13H2,1-3H3. The Morgan fingerprint density at radius 2 is 1.85 bits per heavy atom. The average Bonchev–Trinajstić information content (AvgIpc) is 2.68. The second kappa shape index (κ2) is 8.53. The summed E-state index contributed by atoms with van der Waals surface area (Å²) in [5.41, 5.74) is 4.41. The SMILES string of the molecule is COc1cc2c(cc1OC)CN(C(=O)CCNc1cc(Cl)ccc1C)CC2. The molecule has 0 fully saturated rings. The van der Waals surface area contributed by atoms with E-state index in [4.69, 9.17) is 21.1 Å². The number of nitrogens with one attached hydrogen (secondary N) is 1. The number of rotatable bonds is 6. The third-order valence-corrected chi connectivity index (χ3v) is 5.16. The molecule has 1 amide bonds. The minimum Gasteiger partial charge on any atom is -0.493 e. The Kier molecular flexibility index (Phi) is 6.11. The Morgan fingerprint density at radius 3 is 2.56 bits per heavy atom. The van der Waals surface area contributed by atoms with Gasteiger partial charge in [-0.2, -0.15) is 0 Å². The van der Waals surface area contributed by atoms with Crippen molar-refractivity contribution in [1.82, 2.24) is 4.90 Å². The Hall–Kier alpha value is -2.40. The molecule has 2 aromatic carbocycles. The number of carbonyl (C=O) groups excluding carboxylic acids is 1. The van der Waals surface area contributed by atoms with E-state index in [1.54, 1.807) is 14.2 Å². The zero-order valence-corrected chi connectivity index (χ0v) is 16.7. The fraction of sp³-hybridized carbons (Fsp3) is 0.381. The molecule has 1 aliphatic heterocycles. The van der Waals surface area contributed by atoms with Gasteiger partial charge in [0, 0.05) is 36.8 Å². The molecular formula is C21H25ClN2O3. The van der Waals surface area contributed by atoms with Crippen LogP contribution in [0.4, 0.5) is 5.69 Å². The number of benzene rings is 2. The van der Waals surface area contributed by atoms with Crippen LogP contribution >= 0.6 is 11.6 Å². The van der Waals surface area contributed by atoms with Crippen molar-refractivity contribution in [3.63, 3.8) is 0 Å². The zero-order valence-electron chi connectivity index (χ0n) is 16.0. The highest BCUT2D eigenvalue weighted by Gasteiger charge is 2.22. The number of methoxy groups -OCH3 is 2. The summed E-state index contributed by atoms with van der Waals surface area (Å²) < 4.78 is 10.8. The summed E-state index contributed by atoms with van der Waals surface area (Å²) in [5.74, 6) is 1.57. The first-order valence-electron chi connectivity index (χ1n) is 9.03. The third-order valence-electron chi connectivity index (χ3n) is 4.92. The van der Waals surface area contributed by atoms with Gasteiger partial charge in [-0.15, -0.1) is 0 Å². The molecule has 1 heterocycles. The molecule has 0 bridgehead atoms. The highest BCUT2D eigenvalue weighted by Crippen LogP contribution is 2.33. The van der Waals surface area contributed by atoms with Crippen LogP contribution in [0.1, 0.15) is 23.1 Å². The van der Waals surface area contributed by atoms with E-state index in [-0.39, 0.29) is 5.91 Å². The monoisotopic (exact) mass is 388 g/mol. The maximum Gasteiger partial charge on any atom is 0.224 e. The van der Waals surface area contributed by atoms with E-state index in [0.29, 0.717) is 30.3 Å². The van der Waals surface area contributed by atoms with E-state index in [2.05, 4.69) is 5.32 Å². The molecule has 6 heteroatoms. The molecule has 0 radical (unpaired) electrons. The number of anilines is 1. The van der Waals surface area contributed by atoms with Crippen LogP contribution in [0.15, 0.2) is 30.3 Å². The van der Waals surface area contributed by atoms with E-state index in [0.717, 1.165) is 35.5 Å². The smallest absolute Gasteiger partial charge is 0.224 e. The van der Waals surface area contributed by atoms with Gasteiger partial charge in [-0.05, 0) is 54.3 Å². The molecule has 0 atom stereocenters. The highest BCUT2D eigenvalue weighted by atomic mass is 35.5. The number of hydrogen-bond acceptors (Lipinski definition) is 4. The van der Waals surface area contributed by atoms with E-state index in [9.17, 15) is 4.79 Å². The number of fused-ring (bicyclic) bond motifs is 1. The summed E-state index contributed by atoms with van der Waals surface area (Å²) in [6.07, 6.45) is 1.26. The first kappa shape index (κ1) is 19.4.